The number of alkyl halides is 2. The maximum absolute atomic E-state index is 12.1. The Kier molecular flexibility index (Phi) is 8.80. The first-order chi connectivity index (χ1) is 13.0. The quantitative estimate of drug-likeness (QED) is 0.613. The Labute approximate surface area is 158 Å². The third-order valence-electron chi connectivity index (χ3n) is 4.46. The van der Waals surface area contributed by atoms with Crippen molar-refractivity contribution in [2.45, 2.75) is 57.6 Å². The van der Waals surface area contributed by atoms with Gasteiger partial charge in [-0.15, -0.1) is 0 Å². The summed E-state index contributed by atoms with van der Waals surface area (Å²) in [7, 11) is 0. The van der Waals surface area contributed by atoms with Crippen LogP contribution in [0, 0.1) is 0 Å². The van der Waals surface area contributed by atoms with Crippen molar-refractivity contribution < 1.29 is 23.1 Å². The van der Waals surface area contributed by atoms with Gasteiger partial charge in [0.1, 0.15) is 5.75 Å². The fraction of sp³-hybridized carbons (Fsp3) is 0.579. The SMILES string of the molecule is O=C(CCNC(=O)NC1CCCCC1)NCCc1ccc(OC(F)F)cc1. The van der Waals surface area contributed by atoms with Crippen LogP contribution in [-0.2, 0) is 11.2 Å². The number of benzene rings is 1. The lowest BCUT2D eigenvalue weighted by Crippen LogP contribution is -2.43. The average Bonchev–Trinajstić information content (AvgIpc) is 2.63. The number of ether oxygens (including phenoxy) is 1. The van der Waals surface area contributed by atoms with E-state index in [0.717, 1.165) is 31.2 Å². The first kappa shape index (κ1) is 20.9. The maximum atomic E-state index is 12.1. The number of amides is 3. The van der Waals surface area contributed by atoms with Crippen LogP contribution in [0.2, 0.25) is 0 Å². The van der Waals surface area contributed by atoms with E-state index in [1.54, 1.807) is 12.1 Å². The maximum Gasteiger partial charge on any atom is 0.387 e. The molecule has 2 rings (SSSR count). The van der Waals surface area contributed by atoms with Crippen molar-refractivity contribution in [1.29, 1.82) is 0 Å². The molecule has 0 aliphatic heterocycles. The summed E-state index contributed by atoms with van der Waals surface area (Å²) in [6.45, 7) is -2.12. The second kappa shape index (κ2) is 11.4. The Bertz CT molecular complexity index is 590. The summed E-state index contributed by atoms with van der Waals surface area (Å²) in [5, 5.41) is 8.41. The molecule has 0 bridgehead atoms. The molecule has 0 unspecified atom stereocenters. The van der Waals surface area contributed by atoms with Crippen LogP contribution < -0.4 is 20.7 Å². The highest BCUT2D eigenvalue weighted by Gasteiger charge is 2.15. The summed E-state index contributed by atoms with van der Waals surface area (Å²) >= 11 is 0. The molecule has 1 aliphatic rings. The molecule has 150 valence electrons. The molecular weight excluding hydrogens is 356 g/mol. The van der Waals surface area contributed by atoms with Crippen LogP contribution >= 0.6 is 0 Å². The lowest BCUT2D eigenvalue weighted by Gasteiger charge is -2.22. The van der Waals surface area contributed by atoms with E-state index in [1.807, 2.05) is 0 Å². The van der Waals surface area contributed by atoms with Crippen molar-refractivity contribution in [2.75, 3.05) is 13.1 Å². The molecule has 0 heterocycles. The first-order valence-electron chi connectivity index (χ1n) is 9.38. The number of rotatable bonds is 9. The molecule has 0 spiro atoms. The molecule has 3 N–H and O–H groups in total. The zero-order valence-corrected chi connectivity index (χ0v) is 15.3. The number of urea groups is 1. The monoisotopic (exact) mass is 383 g/mol. The highest BCUT2D eigenvalue weighted by Crippen LogP contribution is 2.17. The summed E-state index contributed by atoms with van der Waals surface area (Å²) in [6.07, 6.45) is 6.35. The predicted molar refractivity (Wildman–Crippen MR) is 97.8 cm³/mol. The molecule has 6 nitrogen and oxygen atoms in total. The molecule has 8 heteroatoms. The molecular formula is C19H27F2N3O3. The molecule has 0 radical (unpaired) electrons. The highest BCUT2D eigenvalue weighted by molar-refractivity contribution is 5.78. The molecule has 1 aromatic carbocycles. The van der Waals surface area contributed by atoms with Crippen molar-refractivity contribution in [3.63, 3.8) is 0 Å². The fourth-order valence-corrected chi connectivity index (χ4v) is 3.05. The highest BCUT2D eigenvalue weighted by atomic mass is 19.3. The number of hydrogen-bond acceptors (Lipinski definition) is 3. The number of nitrogens with one attached hydrogen (secondary N) is 3. The lowest BCUT2D eigenvalue weighted by molar-refractivity contribution is -0.120. The van der Waals surface area contributed by atoms with Gasteiger partial charge in [-0.3, -0.25) is 4.79 Å². The minimum absolute atomic E-state index is 0.107. The van der Waals surface area contributed by atoms with Gasteiger partial charge in [-0.25, -0.2) is 4.79 Å². The Morgan fingerprint density at radius 2 is 1.74 bits per heavy atom. The van der Waals surface area contributed by atoms with Gasteiger partial charge in [0.25, 0.3) is 0 Å². The molecule has 1 aromatic rings. The Balaban J connectivity index is 1.54. The number of carbonyl (C=O) groups is 2. The molecule has 3 amide bonds. The van der Waals surface area contributed by atoms with Gasteiger partial charge < -0.3 is 20.7 Å². The van der Waals surface area contributed by atoms with Crippen LogP contribution in [-0.4, -0.2) is 37.7 Å². The van der Waals surface area contributed by atoms with Crippen molar-refractivity contribution in [3.8, 4) is 5.75 Å². The predicted octanol–water partition coefficient (Wildman–Crippen LogP) is 2.97. The zero-order chi connectivity index (χ0) is 19.5. The van der Waals surface area contributed by atoms with E-state index in [9.17, 15) is 18.4 Å². The summed E-state index contributed by atoms with van der Waals surface area (Å²) < 4.78 is 28.4. The van der Waals surface area contributed by atoms with E-state index in [1.165, 1.54) is 18.6 Å². The Morgan fingerprint density at radius 3 is 2.41 bits per heavy atom. The Morgan fingerprint density at radius 1 is 1.04 bits per heavy atom. The third kappa shape index (κ3) is 8.70. The van der Waals surface area contributed by atoms with Crippen LogP contribution in [0.3, 0.4) is 0 Å². The molecule has 1 saturated carbocycles. The van der Waals surface area contributed by atoms with E-state index in [2.05, 4.69) is 20.7 Å². The minimum Gasteiger partial charge on any atom is -0.435 e. The third-order valence-corrected chi connectivity index (χ3v) is 4.46. The van der Waals surface area contributed by atoms with Crippen molar-refractivity contribution in [1.82, 2.24) is 16.0 Å². The molecule has 0 atom stereocenters. The van der Waals surface area contributed by atoms with Gasteiger partial charge in [0.15, 0.2) is 0 Å². The van der Waals surface area contributed by atoms with E-state index in [4.69, 9.17) is 0 Å². The standard InChI is InChI=1S/C19H27F2N3O3/c20-18(21)27-16-8-6-14(7-9-16)10-12-22-17(25)11-13-23-19(26)24-15-4-2-1-3-5-15/h6-9,15,18H,1-5,10-13H2,(H,22,25)(H2,23,24,26). The van der Waals surface area contributed by atoms with Gasteiger partial charge in [-0.05, 0) is 37.0 Å². The van der Waals surface area contributed by atoms with E-state index >= 15 is 0 Å². The van der Waals surface area contributed by atoms with Crippen LogP contribution in [0.5, 0.6) is 5.75 Å². The van der Waals surface area contributed by atoms with E-state index < -0.39 is 6.61 Å². The van der Waals surface area contributed by atoms with Gasteiger partial charge in [0.05, 0.1) is 0 Å². The second-order valence-corrected chi connectivity index (χ2v) is 6.61. The van der Waals surface area contributed by atoms with Crippen molar-refractivity contribution >= 4 is 11.9 Å². The van der Waals surface area contributed by atoms with Gasteiger partial charge >= 0.3 is 12.6 Å². The smallest absolute Gasteiger partial charge is 0.387 e. The first-order valence-corrected chi connectivity index (χ1v) is 9.38. The molecule has 0 aromatic heterocycles. The largest absolute Gasteiger partial charge is 0.435 e. The van der Waals surface area contributed by atoms with Crippen LogP contribution in [0.25, 0.3) is 0 Å². The van der Waals surface area contributed by atoms with Crippen LogP contribution in [0.4, 0.5) is 13.6 Å². The van der Waals surface area contributed by atoms with E-state index in [0.29, 0.717) is 13.0 Å². The molecule has 27 heavy (non-hydrogen) atoms. The second-order valence-electron chi connectivity index (χ2n) is 6.61. The fourth-order valence-electron chi connectivity index (χ4n) is 3.05. The van der Waals surface area contributed by atoms with Gasteiger partial charge in [-0.2, -0.15) is 8.78 Å². The lowest BCUT2D eigenvalue weighted by atomic mass is 9.96. The van der Waals surface area contributed by atoms with Crippen LogP contribution in [0.15, 0.2) is 24.3 Å². The summed E-state index contributed by atoms with van der Waals surface area (Å²) in [5.74, 6) is -0.0408. The zero-order valence-electron chi connectivity index (χ0n) is 15.3. The van der Waals surface area contributed by atoms with Crippen LogP contribution in [0.1, 0.15) is 44.1 Å². The summed E-state index contributed by atoms with van der Waals surface area (Å²) in [6, 6.07) is 6.32. The van der Waals surface area contributed by atoms with Crippen molar-refractivity contribution in [2.24, 2.45) is 0 Å². The van der Waals surface area contributed by atoms with Crippen molar-refractivity contribution in [3.05, 3.63) is 29.8 Å². The van der Waals surface area contributed by atoms with E-state index in [-0.39, 0.29) is 36.7 Å². The summed E-state index contributed by atoms with van der Waals surface area (Å²) in [4.78, 5) is 23.6. The van der Waals surface area contributed by atoms with Gasteiger partial charge in [0.2, 0.25) is 5.91 Å². The summed E-state index contributed by atoms with van der Waals surface area (Å²) in [5.41, 5.74) is 0.905. The normalized spacial score (nSPS) is 14.6. The number of hydrogen-bond donors (Lipinski definition) is 3. The Hall–Kier alpha value is -2.38. The number of halogens is 2. The van der Waals surface area contributed by atoms with Gasteiger partial charge in [-0.1, -0.05) is 31.4 Å². The minimum atomic E-state index is -2.84. The topological polar surface area (TPSA) is 79.5 Å². The number of carbonyl (C=O) groups excluding carboxylic acids is 2. The molecule has 0 saturated heterocycles. The molecule has 1 aliphatic carbocycles. The average molecular weight is 383 g/mol. The molecule has 1 fully saturated rings. The van der Waals surface area contributed by atoms with Gasteiger partial charge in [0, 0.05) is 25.6 Å².